The number of hydrogen-bond acceptors (Lipinski definition) is 4. The zero-order valence-electron chi connectivity index (χ0n) is 15.2. The van der Waals surface area contributed by atoms with Gasteiger partial charge in [0.1, 0.15) is 11.1 Å². The summed E-state index contributed by atoms with van der Waals surface area (Å²) in [6.45, 7) is 9.35. The fourth-order valence-corrected chi connectivity index (χ4v) is 4.78. The molecule has 0 bridgehead atoms. The first kappa shape index (κ1) is 17.7. The van der Waals surface area contributed by atoms with Gasteiger partial charge in [0.2, 0.25) is 0 Å². The maximum atomic E-state index is 9.69. The van der Waals surface area contributed by atoms with Gasteiger partial charge in [-0.1, -0.05) is 30.3 Å². The molecule has 0 fully saturated rings. The highest BCUT2D eigenvalue weighted by atomic mass is 32.1. The van der Waals surface area contributed by atoms with Crippen molar-refractivity contribution >= 4 is 22.7 Å². The zero-order valence-corrected chi connectivity index (χ0v) is 16.0. The summed E-state index contributed by atoms with van der Waals surface area (Å²) in [5.74, 6) is 0. The summed E-state index contributed by atoms with van der Waals surface area (Å²) >= 11 is 1.65. The average Bonchev–Trinajstić information content (AvgIpc) is 2.89. The Balaban J connectivity index is 1.82. The smallest absolute Gasteiger partial charge is 0.112 e. The largest absolute Gasteiger partial charge is 0.337 e. The first-order chi connectivity index (χ1) is 11.8. The second kappa shape index (κ2) is 6.62. The first-order valence-corrected chi connectivity index (χ1v) is 9.28. The highest BCUT2D eigenvalue weighted by molar-refractivity contribution is 7.16. The van der Waals surface area contributed by atoms with Crippen molar-refractivity contribution in [1.29, 1.82) is 5.26 Å². The summed E-state index contributed by atoms with van der Waals surface area (Å²) in [6.07, 6.45) is 2.56. The molecular formula is C20H24N4S. The third kappa shape index (κ3) is 3.76. The molecule has 4 nitrogen and oxygen atoms in total. The number of thiophene rings is 1. The second-order valence-electron chi connectivity index (χ2n) is 7.64. The van der Waals surface area contributed by atoms with Crippen LogP contribution in [0.1, 0.15) is 49.3 Å². The molecular weight excluding hydrogens is 328 g/mol. The van der Waals surface area contributed by atoms with Crippen LogP contribution in [0.15, 0.2) is 35.3 Å². The molecule has 0 saturated carbocycles. The minimum Gasteiger partial charge on any atom is -0.337 e. The Hall–Kier alpha value is -2.16. The van der Waals surface area contributed by atoms with Crippen LogP contribution in [0.5, 0.6) is 0 Å². The van der Waals surface area contributed by atoms with Gasteiger partial charge in [-0.2, -0.15) is 5.26 Å². The molecule has 1 aliphatic heterocycles. The topological polar surface area (TPSA) is 60.2 Å². The van der Waals surface area contributed by atoms with Crippen LogP contribution in [-0.4, -0.2) is 11.9 Å². The summed E-state index contributed by atoms with van der Waals surface area (Å²) in [4.78, 5) is 5.67. The molecule has 130 valence electrons. The van der Waals surface area contributed by atoms with Gasteiger partial charge in [-0.25, -0.2) is 0 Å². The number of benzene rings is 1. The molecule has 2 N–H and O–H groups in total. The SMILES string of the molecule is CC1(C)Cc2c(sc(NC=NCc3ccccc3)c2C#N)C(C)(C)N1. The predicted molar refractivity (Wildman–Crippen MR) is 105 cm³/mol. The van der Waals surface area contributed by atoms with E-state index < -0.39 is 0 Å². The molecule has 1 aromatic carbocycles. The van der Waals surface area contributed by atoms with E-state index in [1.807, 2.05) is 18.2 Å². The van der Waals surface area contributed by atoms with Gasteiger partial charge in [0.05, 0.1) is 18.4 Å². The van der Waals surface area contributed by atoms with Crippen LogP contribution in [0.4, 0.5) is 5.00 Å². The summed E-state index contributed by atoms with van der Waals surface area (Å²) in [6, 6.07) is 12.5. The normalized spacial score (nSPS) is 17.9. The second-order valence-corrected chi connectivity index (χ2v) is 8.66. The van der Waals surface area contributed by atoms with Gasteiger partial charge >= 0.3 is 0 Å². The Labute approximate surface area is 153 Å². The number of nitrogens with one attached hydrogen (secondary N) is 2. The van der Waals surface area contributed by atoms with Gasteiger partial charge in [-0.05, 0) is 45.2 Å². The standard InChI is InChI=1S/C20H24N4S/c1-19(2)10-15-16(11-21)18(25-17(15)20(3,4)24-19)23-13-22-12-14-8-6-5-7-9-14/h5-9,13,24H,10,12H2,1-4H3,(H,22,23). The summed E-state index contributed by atoms with van der Waals surface area (Å²) in [5.41, 5.74) is 2.92. The van der Waals surface area contributed by atoms with Gasteiger partial charge < -0.3 is 10.6 Å². The quantitative estimate of drug-likeness (QED) is 0.632. The molecule has 0 saturated heterocycles. The Bertz CT molecular complexity index is 825. The first-order valence-electron chi connectivity index (χ1n) is 8.47. The Morgan fingerprint density at radius 3 is 2.68 bits per heavy atom. The average molecular weight is 353 g/mol. The zero-order chi connectivity index (χ0) is 18.1. The maximum Gasteiger partial charge on any atom is 0.112 e. The molecule has 5 heteroatoms. The molecule has 3 rings (SSSR count). The van der Waals surface area contributed by atoms with Crippen LogP contribution in [-0.2, 0) is 18.5 Å². The van der Waals surface area contributed by atoms with Crippen LogP contribution in [0.3, 0.4) is 0 Å². The highest BCUT2D eigenvalue weighted by Crippen LogP contribution is 2.44. The lowest BCUT2D eigenvalue weighted by Gasteiger charge is -2.42. The van der Waals surface area contributed by atoms with Crippen molar-refractivity contribution < 1.29 is 0 Å². The summed E-state index contributed by atoms with van der Waals surface area (Å²) in [5, 5.41) is 17.5. The van der Waals surface area contributed by atoms with Crippen LogP contribution < -0.4 is 10.6 Å². The molecule has 1 aromatic heterocycles. The molecule has 1 aliphatic rings. The molecule has 25 heavy (non-hydrogen) atoms. The molecule has 0 amide bonds. The van der Waals surface area contributed by atoms with E-state index in [9.17, 15) is 5.26 Å². The van der Waals surface area contributed by atoms with E-state index in [1.165, 1.54) is 16.0 Å². The minimum absolute atomic E-state index is 0.0260. The number of nitrogens with zero attached hydrogens (tertiary/aromatic N) is 2. The van der Waals surface area contributed by atoms with E-state index in [4.69, 9.17) is 0 Å². The van der Waals surface area contributed by atoms with Gasteiger partial charge in [-0.15, -0.1) is 11.3 Å². The number of rotatable bonds is 4. The molecule has 0 unspecified atom stereocenters. The number of fused-ring (bicyclic) bond motifs is 1. The van der Waals surface area contributed by atoms with Gasteiger partial charge in [0.25, 0.3) is 0 Å². The third-order valence-corrected chi connectivity index (χ3v) is 5.85. The van der Waals surface area contributed by atoms with Crippen LogP contribution >= 0.6 is 11.3 Å². The van der Waals surface area contributed by atoms with E-state index in [1.54, 1.807) is 17.7 Å². The van der Waals surface area contributed by atoms with Crippen molar-refractivity contribution in [3.8, 4) is 6.07 Å². The van der Waals surface area contributed by atoms with Gasteiger partial charge in [0.15, 0.2) is 0 Å². The number of hydrogen-bond donors (Lipinski definition) is 2. The molecule has 0 radical (unpaired) electrons. The molecule has 0 aliphatic carbocycles. The van der Waals surface area contributed by atoms with Crippen molar-refractivity contribution in [2.45, 2.75) is 51.7 Å². The monoisotopic (exact) mass is 352 g/mol. The fraction of sp³-hybridized carbons (Fsp3) is 0.400. The molecule has 2 heterocycles. The van der Waals surface area contributed by atoms with Gasteiger partial charge in [-0.3, -0.25) is 4.99 Å². The van der Waals surface area contributed by atoms with E-state index in [-0.39, 0.29) is 11.1 Å². The van der Waals surface area contributed by atoms with E-state index in [0.29, 0.717) is 6.54 Å². The Morgan fingerprint density at radius 1 is 1.28 bits per heavy atom. The van der Waals surface area contributed by atoms with E-state index >= 15 is 0 Å². The van der Waals surface area contributed by atoms with Crippen LogP contribution in [0, 0.1) is 11.3 Å². The van der Waals surface area contributed by atoms with E-state index in [2.05, 4.69) is 61.5 Å². The van der Waals surface area contributed by atoms with Crippen LogP contribution in [0.2, 0.25) is 0 Å². The Morgan fingerprint density at radius 2 is 2.00 bits per heavy atom. The number of anilines is 1. The van der Waals surface area contributed by atoms with Crippen LogP contribution in [0.25, 0.3) is 0 Å². The van der Waals surface area contributed by atoms with Crippen molar-refractivity contribution in [3.05, 3.63) is 51.9 Å². The Kier molecular flexibility index (Phi) is 4.68. The van der Waals surface area contributed by atoms with Gasteiger partial charge in [0, 0.05) is 16.0 Å². The highest BCUT2D eigenvalue weighted by Gasteiger charge is 2.40. The maximum absolute atomic E-state index is 9.69. The molecule has 0 atom stereocenters. The lowest BCUT2D eigenvalue weighted by atomic mass is 9.81. The lowest BCUT2D eigenvalue weighted by Crippen LogP contribution is -2.54. The molecule has 2 aromatic rings. The number of aliphatic imine (C=N–C) groups is 1. The van der Waals surface area contributed by atoms with Crippen molar-refractivity contribution in [2.75, 3.05) is 5.32 Å². The predicted octanol–water partition coefficient (Wildman–Crippen LogP) is 4.42. The minimum atomic E-state index is -0.144. The fourth-order valence-electron chi connectivity index (χ4n) is 3.59. The summed E-state index contributed by atoms with van der Waals surface area (Å²) < 4.78 is 0. The van der Waals surface area contributed by atoms with Crippen molar-refractivity contribution in [2.24, 2.45) is 4.99 Å². The molecule has 0 spiro atoms. The third-order valence-electron chi connectivity index (χ3n) is 4.36. The van der Waals surface area contributed by atoms with Crippen molar-refractivity contribution in [3.63, 3.8) is 0 Å². The summed E-state index contributed by atoms with van der Waals surface area (Å²) in [7, 11) is 0. The van der Waals surface area contributed by atoms with Crippen molar-refractivity contribution in [1.82, 2.24) is 5.32 Å². The number of nitriles is 1. The lowest BCUT2D eigenvalue weighted by molar-refractivity contribution is 0.247. The van der Waals surface area contributed by atoms with E-state index in [0.717, 1.165) is 17.0 Å².